The zero-order valence-corrected chi connectivity index (χ0v) is 15.1. The van der Waals surface area contributed by atoms with E-state index in [1.807, 2.05) is 20.8 Å². The molecule has 144 valence electrons. The van der Waals surface area contributed by atoms with E-state index in [-0.39, 0.29) is 23.7 Å². The lowest BCUT2D eigenvalue weighted by atomic mass is 10.1. The van der Waals surface area contributed by atoms with Crippen LogP contribution in [-0.4, -0.2) is 64.3 Å². The summed E-state index contributed by atoms with van der Waals surface area (Å²) in [5.41, 5.74) is 6.31. The molecule has 0 spiro atoms. The molecule has 2 aromatic heterocycles. The van der Waals surface area contributed by atoms with Gasteiger partial charge in [-0.2, -0.15) is 14.4 Å². The number of fused-ring (bicyclic) bond motifs is 1. The highest BCUT2D eigenvalue weighted by Crippen LogP contribution is 2.35. The fourth-order valence-electron chi connectivity index (χ4n) is 3.16. The summed E-state index contributed by atoms with van der Waals surface area (Å²) >= 11 is 0. The van der Waals surface area contributed by atoms with Crippen molar-refractivity contribution >= 4 is 17.0 Å². The van der Waals surface area contributed by atoms with E-state index in [1.165, 1.54) is 6.33 Å². The molecule has 10 heteroatoms. The van der Waals surface area contributed by atoms with Gasteiger partial charge >= 0.3 is 6.08 Å². The molecule has 0 radical (unpaired) electrons. The van der Waals surface area contributed by atoms with Crippen LogP contribution < -0.4 is 5.73 Å². The van der Waals surface area contributed by atoms with Gasteiger partial charge in [-0.15, -0.1) is 0 Å². The summed E-state index contributed by atoms with van der Waals surface area (Å²) in [5.74, 6) is -0.0237. The van der Waals surface area contributed by atoms with Crippen LogP contribution in [0.2, 0.25) is 0 Å². The smallest absolute Gasteiger partial charge is 0.312 e. The third-order valence-electron chi connectivity index (χ3n) is 4.19. The summed E-state index contributed by atoms with van der Waals surface area (Å²) in [4.78, 5) is 11.5. The standard InChI is InChI=1S/C16H24FN5O4/c1-4-23-7-9-11(24-5-2)12(25-6-3)15(26-9)22-8-19-10-13(18)20-16(17)21-14(10)22/h8-9,11-12,15H,4-7H2,1-3H3,(H2,18,20,21). The van der Waals surface area contributed by atoms with Gasteiger partial charge in [0, 0.05) is 19.8 Å². The van der Waals surface area contributed by atoms with Crippen molar-refractivity contribution in [2.75, 3.05) is 32.2 Å². The Hall–Kier alpha value is -1.88. The van der Waals surface area contributed by atoms with Crippen LogP contribution in [0, 0.1) is 6.08 Å². The Morgan fingerprint density at radius 3 is 2.58 bits per heavy atom. The summed E-state index contributed by atoms with van der Waals surface area (Å²) in [6.07, 6.45) is -1.12. The van der Waals surface area contributed by atoms with E-state index in [0.29, 0.717) is 31.9 Å². The normalized spacial score (nSPS) is 26.0. The molecule has 1 saturated heterocycles. The molecule has 1 aliphatic rings. The highest BCUT2D eigenvalue weighted by Gasteiger charge is 2.47. The number of imidazole rings is 1. The molecule has 0 aliphatic carbocycles. The van der Waals surface area contributed by atoms with Gasteiger partial charge in [-0.25, -0.2) is 4.98 Å². The van der Waals surface area contributed by atoms with Gasteiger partial charge in [0.05, 0.1) is 12.9 Å². The first-order chi connectivity index (χ1) is 12.6. The molecule has 3 rings (SSSR count). The van der Waals surface area contributed by atoms with Gasteiger partial charge in [0.15, 0.2) is 23.2 Å². The highest BCUT2D eigenvalue weighted by atomic mass is 19.1. The quantitative estimate of drug-likeness (QED) is 0.694. The summed E-state index contributed by atoms with van der Waals surface area (Å²) in [7, 11) is 0. The minimum Gasteiger partial charge on any atom is -0.382 e. The molecule has 0 saturated carbocycles. The highest BCUT2D eigenvalue weighted by molar-refractivity contribution is 5.81. The zero-order chi connectivity index (χ0) is 18.7. The molecule has 26 heavy (non-hydrogen) atoms. The van der Waals surface area contributed by atoms with Crippen LogP contribution in [0.3, 0.4) is 0 Å². The lowest BCUT2D eigenvalue weighted by Crippen LogP contribution is -2.38. The predicted octanol–water partition coefficient (Wildman–Crippen LogP) is 1.29. The summed E-state index contributed by atoms with van der Waals surface area (Å²) < 4.78 is 38.7. The molecule has 3 heterocycles. The van der Waals surface area contributed by atoms with E-state index in [1.54, 1.807) is 4.57 Å². The van der Waals surface area contributed by atoms with E-state index >= 15 is 0 Å². The number of nitrogen functional groups attached to an aromatic ring is 1. The minimum atomic E-state index is -0.921. The first-order valence-electron chi connectivity index (χ1n) is 8.72. The number of nitrogens with zero attached hydrogens (tertiary/aromatic N) is 4. The van der Waals surface area contributed by atoms with Crippen LogP contribution in [0.5, 0.6) is 0 Å². The number of hydrogen-bond acceptors (Lipinski definition) is 8. The average molecular weight is 369 g/mol. The van der Waals surface area contributed by atoms with Crippen LogP contribution in [-0.2, 0) is 18.9 Å². The third kappa shape index (κ3) is 3.50. The number of hydrogen-bond donors (Lipinski definition) is 1. The van der Waals surface area contributed by atoms with Gasteiger partial charge < -0.3 is 24.7 Å². The van der Waals surface area contributed by atoms with E-state index < -0.39 is 18.4 Å². The summed E-state index contributed by atoms with van der Waals surface area (Å²) in [5, 5.41) is 0. The maximum atomic E-state index is 13.7. The van der Waals surface area contributed by atoms with Crippen LogP contribution in [0.1, 0.15) is 27.0 Å². The number of nitrogens with two attached hydrogens (primary N) is 1. The van der Waals surface area contributed by atoms with Crippen LogP contribution in [0.4, 0.5) is 10.2 Å². The second kappa shape index (κ2) is 8.21. The van der Waals surface area contributed by atoms with E-state index in [4.69, 9.17) is 24.7 Å². The summed E-state index contributed by atoms with van der Waals surface area (Å²) in [6, 6.07) is 0. The second-order valence-electron chi connectivity index (χ2n) is 5.77. The van der Waals surface area contributed by atoms with Gasteiger partial charge in [0.1, 0.15) is 18.3 Å². The Morgan fingerprint density at radius 1 is 1.15 bits per heavy atom. The number of anilines is 1. The van der Waals surface area contributed by atoms with E-state index in [0.717, 1.165) is 0 Å². The van der Waals surface area contributed by atoms with Crippen molar-refractivity contribution in [2.24, 2.45) is 0 Å². The van der Waals surface area contributed by atoms with Crippen LogP contribution >= 0.6 is 0 Å². The Labute approximate surface area is 150 Å². The second-order valence-corrected chi connectivity index (χ2v) is 5.77. The molecule has 9 nitrogen and oxygen atoms in total. The molecular formula is C16H24FN5O4. The predicted molar refractivity (Wildman–Crippen MR) is 90.9 cm³/mol. The Bertz CT molecular complexity index is 743. The lowest BCUT2D eigenvalue weighted by molar-refractivity contribution is -0.0732. The molecule has 1 fully saturated rings. The van der Waals surface area contributed by atoms with Crippen molar-refractivity contribution in [1.82, 2.24) is 19.5 Å². The maximum Gasteiger partial charge on any atom is 0.312 e. The Kier molecular flexibility index (Phi) is 5.97. The number of halogens is 1. The Morgan fingerprint density at radius 2 is 1.88 bits per heavy atom. The number of ether oxygens (including phenoxy) is 4. The maximum absolute atomic E-state index is 13.7. The summed E-state index contributed by atoms with van der Waals surface area (Å²) in [6.45, 7) is 7.60. The van der Waals surface area contributed by atoms with Crippen molar-refractivity contribution in [2.45, 2.75) is 45.3 Å². The topological polar surface area (TPSA) is 107 Å². The average Bonchev–Trinajstić information content (AvgIpc) is 3.16. The fourth-order valence-corrected chi connectivity index (χ4v) is 3.16. The van der Waals surface area contributed by atoms with Gasteiger partial charge in [-0.05, 0) is 20.8 Å². The molecule has 2 aromatic rings. The van der Waals surface area contributed by atoms with E-state index in [9.17, 15) is 4.39 Å². The molecule has 2 N–H and O–H groups in total. The molecule has 4 unspecified atom stereocenters. The van der Waals surface area contributed by atoms with Crippen molar-refractivity contribution in [3.8, 4) is 0 Å². The van der Waals surface area contributed by atoms with Crippen molar-refractivity contribution in [3.63, 3.8) is 0 Å². The Balaban J connectivity index is 1.99. The fraction of sp³-hybridized carbons (Fsp3) is 0.688. The van der Waals surface area contributed by atoms with Crippen LogP contribution in [0.15, 0.2) is 6.33 Å². The van der Waals surface area contributed by atoms with Gasteiger partial charge in [0.2, 0.25) is 0 Å². The molecule has 0 bridgehead atoms. The SMILES string of the molecule is CCOCC1OC(n2cnc3c(N)nc(F)nc32)C(OCC)C1OCC. The van der Waals surface area contributed by atoms with Gasteiger partial charge in [-0.1, -0.05) is 0 Å². The van der Waals surface area contributed by atoms with Crippen LogP contribution in [0.25, 0.3) is 11.2 Å². The first kappa shape index (κ1) is 18.9. The van der Waals surface area contributed by atoms with E-state index in [2.05, 4.69) is 15.0 Å². The molecular weight excluding hydrogens is 345 g/mol. The van der Waals surface area contributed by atoms with Crippen molar-refractivity contribution in [1.29, 1.82) is 0 Å². The molecule has 0 amide bonds. The monoisotopic (exact) mass is 369 g/mol. The number of aromatic nitrogens is 4. The first-order valence-corrected chi connectivity index (χ1v) is 8.72. The van der Waals surface area contributed by atoms with Crippen molar-refractivity contribution < 1.29 is 23.3 Å². The lowest BCUT2D eigenvalue weighted by Gasteiger charge is -2.24. The number of rotatable bonds is 8. The molecule has 0 aromatic carbocycles. The zero-order valence-electron chi connectivity index (χ0n) is 15.1. The third-order valence-corrected chi connectivity index (χ3v) is 4.19. The van der Waals surface area contributed by atoms with Crippen molar-refractivity contribution in [3.05, 3.63) is 12.4 Å². The molecule has 1 aliphatic heterocycles. The molecule has 4 atom stereocenters. The largest absolute Gasteiger partial charge is 0.382 e. The van der Waals surface area contributed by atoms with Gasteiger partial charge in [-0.3, -0.25) is 4.57 Å². The van der Waals surface area contributed by atoms with Gasteiger partial charge in [0.25, 0.3) is 0 Å². The minimum absolute atomic E-state index is 0.0237.